The number of carbonyl (C=O) groups excluding carboxylic acids is 2. The van der Waals surface area contributed by atoms with Crippen LogP contribution in [0.3, 0.4) is 0 Å². The van der Waals surface area contributed by atoms with Crippen LogP contribution in [0.1, 0.15) is 19.8 Å². The summed E-state index contributed by atoms with van der Waals surface area (Å²) in [4.78, 5) is 29.4. The molecule has 138 valence electrons. The molecule has 0 unspecified atom stereocenters. The number of hydrogen-bond acceptors (Lipinski definition) is 5. The number of para-hydroxylation sites is 2. The van der Waals surface area contributed by atoms with Crippen LogP contribution in [0.4, 0.5) is 5.69 Å². The molecule has 0 radical (unpaired) electrons. The standard InChI is InChI=1S/C18H25N3O3.ClH/c1-2-24-16-6-4-3-5-15(16)20-12-9-19(10-13-20)11-14-21-17(22)7-8-18(21)23;/h3-6H,2,7-14H2,1H3;1H. The molecule has 0 spiro atoms. The molecule has 1 aromatic carbocycles. The van der Waals surface area contributed by atoms with E-state index in [2.05, 4.69) is 15.9 Å². The van der Waals surface area contributed by atoms with Crippen LogP contribution in [-0.4, -0.2) is 67.5 Å². The minimum atomic E-state index is -0.0238. The second kappa shape index (κ2) is 9.06. The van der Waals surface area contributed by atoms with Crippen molar-refractivity contribution in [3.8, 4) is 5.75 Å². The van der Waals surface area contributed by atoms with Crippen LogP contribution in [0, 0.1) is 0 Å². The number of amides is 2. The third kappa shape index (κ3) is 4.64. The number of nitrogens with zero attached hydrogens (tertiary/aromatic N) is 3. The van der Waals surface area contributed by atoms with Crippen molar-refractivity contribution < 1.29 is 14.3 Å². The van der Waals surface area contributed by atoms with Crippen molar-refractivity contribution in [1.82, 2.24) is 9.80 Å². The van der Waals surface area contributed by atoms with E-state index in [4.69, 9.17) is 4.74 Å². The number of imide groups is 1. The van der Waals surface area contributed by atoms with Gasteiger partial charge in [0.25, 0.3) is 0 Å². The van der Waals surface area contributed by atoms with E-state index in [1.807, 2.05) is 25.1 Å². The largest absolute Gasteiger partial charge is 0.492 e. The predicted octanol–water partition coefficient (Wildman–Crippen LogP) is 1.78. The highest BCUT2D eigenvalue weighted by molar-refractivity contribution is 6.01. The summed E-state index contributed by atoms with van der Waals surface area (Å²) >= 11 is 0. The summed E-state index contributed by atoms with van der Waals surface area (Å²) in [5.74, 6) is 0.885. The van der Waals surface area contributed by atoms with Gasteiger partial charge in [0.15, 0.2) is 0 Å². The molecule has 0 N–H and O–H groups in total. The summed E-state index contributed by atoms with van der Waals surface area (Å²) in [5.41, 5.74) is 1.14. The zero-order chi connectivity index (χ0) is 16.9. The van der Waals surface area contributed by atoms with Gasteiger partial charge >= 0.3 is 0 Å². The first-order chi connectivity index (χ1) is 11.7. The van der Waals surface area contributed by atoms with E-state index in [0.29, 0.717) is 26.0 Å². The van der Waals surface area contributed by atoms with E-state index < -0.39 is 0 Å². The van der Waals surface area contributed by atoms with E-state index in [9.17, 15) is 9.59 Å². The van der Waals surface area contributed by atoms with Crippen LogP contribution >= 0.6 is 12.4 Å². The van der Waals surface area contributed by atoms with Crippen LogP contribution in [0.25, 0.3) is 0 Å². The van der Waals surface area contributed by atoms with Gasteiger partial charge < -0.3 is 9.64 Å². The van der Waals surface area contributed by atoms with E-state index in [1.165, 1.54) is 4.90 Å². The summed E-state index contributed by atoms with van der Waals surface area (Å²) in [6.45, 7) is 7.64. The van der Waals surface area contributed by atoms with Gasteiger partial charge in [-0.15, -0.1) is 12.4 Å². The van der Waals surface area contributed by atoms with Crippen molar-refractivity contribution in [2.75, 3.05) is 50.8 Å². The second-order valence-corrected chi connectivity index (χ2v) is 6.17. The Balaban J connectivity index is 0.00000225. The van der Waals surface area contributed by atoms with Crippen LogP contribution in [0.5, 0.6) is 5.75 Å². The number of ether oxygens (including phenoxy) is 1. The van der Waals surface area contributed by atoms with Gasteiger partial charge in [0, 0.05) is 52.1 Å². The number of rotatable bonds is 6. The molecule has 3 rings (SSSR count). The van der Waals surface area contributed by atoms with Gasteiger partial charge in [0.05, 0.1) is 12.3 Å². The second-order valence-electron chi connectivity index (χ2n) is 6.17. The maximum Gasteiger partial charge on any atom is 0.229 e. The Bertz CT molecular complexity index is 587. The van der Waals surface area contributed by atoms with Crippen LogP contribution in [0.15, 0.2) is 24.3 Å². The van der Waals surface area contributed by atoms with E-state index in [-0.39, 0.29) is 24.2 Å². The van der Waals surface area contributed by atoms with Crippen molar-refractivity contribution in [2.24, 2.45) is 0 Å². The van der Waals surface area contributed by atoms with E-state index >= 15 is 0 Å². The van der Waals surface area contributed by atoms with Crippen molar-refractivity contribution in [3.05, 3.63) is 24.3 Å². The van der Waals surface area contributed by atoms with E-state index in [1.54, 1.807) is 0 Å². The third-order valence-electron chi connectivity index (χ3n) is 4.67. The Morgan fingerprint density at radius 2 is 1.60 bits per heavy atom. The number of likely N-dealkylation sites (tertiary alicyclic amines) is 1. The molecule has 0 atom stereocenters. The smallest absolute Gasteiger partial charge is 0.229 e. The highest BCUT2D eigenvalue weighted by atomic mass is 35.5. The highest BCUT2D eigenvalue weighted by Crippen LogP contribution is 2.28. The van der Waals surface area contributed by atoms with Gasteiger partial charge in [-0.2, -0.15) is 0 Å². The molecule has 2 fully saturated rings. The van der Waals surface area contributed by atoms with Gasteiger partial charge in [-0.3, -0.25) is 19.4 Å². The fraction of sp³-hybridized carbons (Fsp3) is 0.556. The minimum Gasteiger partial charge on any atom is -0.492 e. The Morgan fingerprint density at radius 3 is 2.24 bits per heavy atom. The van der Waals surface area contributed by atoms with Crippen LogP contribution in [0.2, 0.25) is 0 Å². The lowest BCUT2D eigenvalue weighted by atomic mass is 10.2. The first kappa shape index (κ1) is 19.5. The molecule has 2 saturated heterocycles. The molecule has 2 aliphatic rings. The van der Waals surface area contributed by atoms with Crippen LogP contribution < -0.4 is 9.64 Å². The average Bonchev–Trinajstić information content (AvgIpc) is 2.93. The molecular formula is C18H26ClN3O3. The van der Waals surface area contributed by atoms with Crippen molar-refractivity contribution in [3.63, 3.8) is 0 Å². The predicted molar refractivity (Wildman–Crippen MR) is 99.5 cm³/mol. The lowest BCUT2D eigenvalue weighted by Gasteiger charge is -2.37. The molecule has 2 aliphatic heterocycles. The van der Waals surface area contributed by atoms with Gasteiger partial charge in [0.2, 0.25) is 11.8 Å². The highest BCUT2D eigenvalue weighted by Gasteiger charge is 2.29. The number of carbonyl (C=O) groups is 2. The number of anilines is 1. The zero-order valence-electron chi connectivity index (χ0n) is 14.6. The zero-order valence-corrected chi connectivity index (χ0v) is 15.5. The van der Waals surface area contributed by atoms with Gasteiger partial charge in [-0.05, 0) is 19.1 Å². The van der Waals surface area contributed by atoms with E-state index in [0.717, 1.165) is 44.2 Å². The summed E-state index contributed by atoms with van der Waals surface area (Å²) in [6.07, 6.45) is 0.752. The minimum absolute atomic E-state index is 0. The molecule has 25 heavy (non-hydrogen) atoms. The first-order valence-corrected chi connectivity index (χ1v) is 8.71. The Morgan fingerprint density at radius 1 is 0.960 bits per heavy atom. The molecular weight excluding hydrogens is 342 g/mol. The SMILES string of the molecule is CCOc1ccccc1N1CCN(CCN2C(=O)CCC2=O)CC1.Cl. The Hall–Kier alpha value is -1.79. The third-order valence-corrected chi connectivity index (χ3v) is 4.67. The Kier molecular flexibility index (Phi) is 7.08. The van der Waals surface area contributed by atoms with Crippen molar-refractivity contribution in [2.45, 2.75) is 19.8 Å². The lowest BCUT2D eigenvalue weighted by Crippen LogP contribution is -2.49. The molecule has 2 heterocycles. The van der Waals surface area contributed by atoms with Gasteiger partial charge in [0.1, 0.15) is 5.75 Å². The quantitative estimate of drug-likeness (QED) is 0.717. The van der Waals surface area contributed by atoms with Crippen molar-refractivity contribution in [1.29, 1.82) is 0 Å². The molecule has 0 bridgehead atoms. The number of hydrogen-bond donors (Lipinski definition) is 0. The molecule has 2 amide bonds. The molecule has 0 saturated carbocycles. The lowest BCUT2D eigenvalue weighted by molar-refractivity contribution is -0.138. The van der Waals surface area contributed by atoms with Gasteiger partial charge in [-0.1, -0.05) is 12.1 Å². The summed E-state index contributed by atoms with van der Waals surface area (Å²) < 4.78 is 5.72. The van der Waals surface area contributed by atoms with Gasteiger partial charge in [-0.25, -0.2) is 0 Å². The fourth-order valence-electron chi connectivity index (χ4n) is 3.32. The number of piperazine rings is 1. The molecule has 1 aromatic rings. The van der Waals surface area contributed by atoms with Crippen molar-refractivity contribution >= 4 is 29.9 Å². The molecule has 6 nitrogen and oxygen atoms in total. The number of halogens is 1. The molecule has 0 aliphatic carbocycles. The van der Waals surface area contributed by atoms with Crippen LogP contribution in [-0.2, 0) is 9.59 Å². The summed E-state index contributed by atoms with van der Waals surface area (Å²) in [6, 6.07) is 8.14. The average molecular weight is 368 g/mol. The molecule has 7 heteroatoms. The Labute approximate surface area is 155 Å². The first-order valence-electron chi connectivity index (χ1n) is 8.71. The fourth-order valence-corrected chi connectivity index (χ4v) is 3.32. The maximum atomic E-state index is 11.7. The maximum absolute atomic E-state index is 11.7. The monoisotopic (exact) mass is 367 g/mol. The molecule has 0 aromatic heterocycles. The topological polar surface area (TPSA) is 53.1 Å². The normalized spacial score (nSPS) is 18.4. The summed E-state index contributed by atoms with van der Waals surface area (Å²) in [7, 11) is 0. The summed E-state index contributed by atoms with van der Waals surface area (Å²) in [5, 5.41) is 0. The number of benzene rings is 1.